The number of ether oxygens (including phenoxy) is 1. The van der Waals surface area contributed by atoms with E-state index >= 15 is 0 Å². The van der Waals surface area contributed by atoms with Crippen LogP contribution >= 0.6 is 0 Å². The number of nitrogen functional groups attached to an aromatic ring is 1. The molecule has 13 nitrogen and oxygen atoms in total. The van der Waals surface area contributed by atoms with Crippen LogP contribution in [0.4, 0.5) is 10.5 Å². The quantitative estimate of drug-likeness (QED) is 0.369. The SMILES string of the molecule is CCOC(=O)N1CCN(C(=O)C(CCC(=O)O)c2nc3cccc(C(N)=O)c3c(CC(=O)O)c2N)CC1. The second-order valence-electron chi connectivity index (χ2n) is 8.52. The number of carboxylic acid groups (broad SMARTS) is 2. The van der Waals surface area contributed by atoms with Gasteiger partial charge in [0.15, 0.2) is 0 Å². The Morgan fingerprint density at radius 2 is 1.70 bits per heavy atom. The van der Waals surface area contributed by atoms with Crippen molar-refractivity contribution in [2.45, 2.75) is 32.1 Å². The highest BCUT2D eigenvalue weighted by atomic mass is 16.6. The minimum atomic E-state index is -1.23. The van der Waals surface area contributed by atoms with Crippen LogP contribution in [0, 0.1) is 0 Å². The fourth-order valence-electron chi connectivity index (χ4n) is 4.43. The number of hydrogen-bond donors (Lipinski definition) is 4. The van der Waals surface area contributed by atoms with Crippen LogP contribution in [0.15, 0.2) is 18.2 Å². The first-order valence-electron chi connectivity index (χ1n) is 11.7. The Labute approximate surface area is 212 Å². The lowest BCUT2D eigenvalue weighted by Gasteiger charge is -2.36. The molecule has 1 aliphatic heterocycles. The lowest BCUT2D eigenvalue weighted by Crippen LogP contribution is -2.51. The summed E-state index contributed by atoms with van der Waals surface area (Å²) in [6.07, 6.45) is -1.56. The summed E-state index contributed by atoms with van der Waals surface area (Å²) in [6.45, 7) is 2.73. The number of hydrogen-bond acceptors (Lipinski definition) is 8. The molecule has 13 heteroatoms. The maximum Gasteiger partial charge on any atom is 0.409 e. The van der Waals surface area contributed by atoms with Crippen LogP contribution in [0.5, 0.6) is 0 Å². The second-order valence-corrected chi connectivity index (χ2v) is 8.52. The first-order valence-corrected chi connectivity index (χ1v) is 11.7. The lowest BCUT2D eigenvalue weighted by molar-refractivity contribution is -0.138. The van der Waals surface area contributed by atoms with Crippen molar-refractivity contribution in [3.63, 3.8) is 0 Å². The monoisotopic (exact) mass is 515 g/mol. The van der Waals surface area contributed by atoms with Crippen LogP contribution in [0.1, 0.15) is 47.3 Å². The number of carbonyl (C=O) groups is 5. The highest BCUT2D eigenvalue weighted by molar-refractivity contribution is 6.09. The molecule has 2 aromatic rings. The fourth-order valence-corrected chi connectivity index (χ4v) is 4.43. The van der Waals surface area contributed by atoms with Gasteiger partial charge in [0.2, 0.25) is 11.8 Å². The van der Waals surface area contributed by atoms with Gasteiger partial charge in [0.1, 0.15) is 0 Å². The number of pyridine rings is 1. The zero-order chi connectivity index (χ0) is 27.3. The van der Waals surface area contributed by atoms with Gasteiger partial charge in [0, 0.05) is 43.5 Å². The van der Waals surface area contributed by atoms with Gasteiger partial charge in [-0.05, 0) is 31.0 Å². The first kappa shape index (κ1) is 27.2. The molecule has 1 unspecified atom stereocenters. The number of piperazine rings is 1. The maximum absolute atomic E-state index is 13.6. The third kappa shape index (κ3) is 6.05. The lowest BCUT2D eigenvalue weighted by atomic mass is 9.90. The minimum absolute atomic E-state index is 0.0306. The van der Waals surface area contributed by atoms with Gasteiger partial charge in [-0.3, -0.25) is 19.2 Å². The number of anilines is 1. The van der Waals surface area contributed by atoms with Crippen molar-refractivity contribution in [1.82, 2.24) is 14.8 Å². The maximum atomic E-state index is 13.6. The Hall–Kier alpha value is -4.42. The zero-order valence-electron chi connectivity index (χ0n) is 20.3. The van der Waals surface area contributed by atoms with Crippen molar-refractivity contribution in [2.24, 2.45) is 5.73 Å². The number of benzene rings is 1. The normalized spacial score (nSPS) is 14.3. The molecule has 0 aliphatic carbocycles. The molecule has 3 amide bonds. The largest absolute Gasteiger partial charge is 0.481 e. The molecule has 1 aromatic carbocycles. The fraction of sp³-hybridized carbons (Fsp3) is 0.417. The standard InChI is InChI=1S/C24H29N5O8/c1-2-37-24(36)29-10-8-28(9-11-29)23(35)14(6-7-17(30)31)21-20(25)15(12-18(32)33)19-13(22(26)34)4-3-5-16(19)27-21/h3-5,14H,2,6-12,25H2,1H3,(H2,26,34)(H,30,31)(H,32,33). The van der Waals surface area contributed by atoms with Crippen LogP contribution in [-0.2, 0) is 25.5 Å². The number of aliphatic carboxylic acids is 2. The van der Waals surface area contributed by atoms with E-state index < -0.39 is 42.2 Å². The van der Waals surface area contributed by atoms with E-state index in [1.165, 1.54) is 28.0 Å². The predicted octanol–water partition coefficient (Wildman–Crippen LogP) is 0.792. The molecule has 0 spiro atoms. The van der Waals surface area contributed by atoms with E-state index in [1.54, 1.807) is 6.92 Å². The number of nitrogens with zero attached hydrogens (tertiary/aromatic N) is 3. The number of aromatic nitrogens is 1. The van der Waals surface area contributed by atoms with Gasteiger partial charge < -0.3 is 36.2 Å². The molecule has 37 heavy (non-hydrogen) atoms. The molecule has 198 valence electrons. The van der Waals surface area contributed by atoms with Crippen molar-refractivity contribution < 1.29 is 38.9 Å². The van der Waals surface area contributed by atoms with Crippen molar-refractivity contribution in [1.29, 1.82) is 0 Å². The average Bonchev–Trinajstić information content (AvgIpc) is 2.85. The van der Waals surface area contributed by atoms with E-state index in [9.17, 15) is 34.2 Å². The van der Waals surface area contributed by atoms with Crippen molar-refractivity contribution >= 4 is 46.4 Å². The summed E-state index contributed by atoms with van der Waals surface area (Å²) in [5.74, 6) is -4.71. The van der Waals surface area contributed by atoms with E-state index in [2.05, 4.69) is 4.98 Å². The summed E-state index contributed by atoms with van der Waals surface area (Å²) in [6, 6.07) is 4.47. The van der Waals surface area contributed by atoms with Gasteiger partial charge in [0.05, 0.1) is 35.8 Å². The molecule has 1 atom stereocenters. The molecule has 6 N–H and O–H groups in total. The summed E-state index contributed by atoms with van der Waals surface area (Å²) in [5.41, 5.74) is 12.1. The minimum Gasteiger partial charge on any atom is -0.481 e. The van der Waals surface area contributed by atoms with E-state index in [1.807, 2.05) is 0 Å². The number of carbonyl (C=O) groups excluding carboxylic acids is 3. The molecule has 1 aliphatic rings. The van der Waals surface area contributed by atoms with Gasteiger partial charge in [-0.15, -0.1) is 0 Å². The molecule has 1 saturated heterocycles. The number of carboxylic acids is 2. The molecule has 0 radical (unpaired) electrons. The van der Waals surface area contributed by atoms with E-state index in [4.69, 9.17) is 16.2 Å². The highest BCUT2D eigenvalue weighted by Crippen LogP contribution is 2.35. The number of fused-ring (bicyclic) bond motifs is 1. The molecule has 0 bridgehead atoms. The summed E-state index contributed by atoms with van der Waals surface area (Å²) in [4.78, 5) is 68.2. The van der Waals surface area contributed by atoms with E-state index in [0.717, 1.165) is 0 Å². The molecule has 0 saturated carbocycles. The summed E-state index contributed by atoms with van der Waals surface area (Å²) in [7, 11) is 0. The van der Waals surface area contributed by atoms with Crippen molar-refractivity contribution in [3.05, 3.63) is 35.0 Å². The van der Waals surface area contributed by atoms with Crippen LogP contribution in [-0.4, -0.2) is 87.6 Å². The van der Waals surface area contributed by atoms with Crippen LogP contribution in [0.3, 0.4) is 0 Å². The van der Waals surface area contributed by atoms with Gasteiger partial charge in [-0.2, -0.15) is 0 Å². The van der Waals surface area contributed by atoms with Gasteiger partial charge in [-0.25, -0.2) is 9.78 Å². The summed E-state index contributed by atoms with van der Waals surface area (Å²) >= 11 is 0. The average molecular weight is 516 g/mol. The van der Waals surface area contributed by atoms with E-state index in [0.29, 0.717) is 0 Å². The molecule has 3 rings (SSSR count). The van der Waals surface area contributed by atoms with Gasteiger partial charge >= 0.3 is 18.0 Å². The third-order valence-corrected chi connectivity index (χ3v) is 6.17. The number of amides is 3. The second kappa shape index (κ2) is 11.5. The molecular weight excluding hydrogens is 486 g/mol. The summed E-state index contributed by atoms with van der Waals surface area (Å²) < 4.78 is 5.00. The van der Waals surface area contributed by atoms with Crippen LogP contribution < -0.4 is 11.5 Å². The molecular formula is C24H29N5O8. The van der Waals surface area contributed by atoms with Crippen LogP contribution in [0.2, 0.25) is 0 Å². The first-order chi connectivity index (χ1) is 17.5. The topological polar surface area (TPSA) is 206 Å². The highest BCUT2D eigenvalue weighted by Gasteiger charge is 2.34. The molecule has 2 heterocycles. The van der Waals surface area contributed by atoms with E-state index in [-0.39, 0.29) is 79.0 Å². The third-order valence-electron chi connectivity index (χ3n) is 6.17. The van der Waals surface area contributed by atoms with Gasteiger partial charge in [0.25, 0.3) is 0 Å². The molecule has 1 aromatic heterocycles. The van der Waals surface area contributed by atoms with Crippen molar-refractivity contribution in [2.75, 3.05) is 38.5 Å². The Bertz CT molecular complexity index is 1240. The Kier molecular flexibility index (Phi) is 8.48. The Morgan fingerprint density at radius 1 is 1.05 bits per heavy atom. The smallest absolute Gasteiger partial charge is 0.409 e. The number of rotatable bonds is 9. The molecule has 1 fully saturated rings. The summed E-state index contributed by atoms with van der Waals surface area (Å²) in [5, 5.41) is 19.0. The Balaban J connectivity index is 2.06. The van der Waals surface area contributed by atoms with Crippen LogP contribution in [0.25, 0.3) is 10.9 Å². The number of nitrogens with two attached hydrogens (primary N) is 2. The Morgan fingerprint density at radius 3 is 2.27 bits per heavy atom. The zero-order valence-corrected chi connectivity index (χ0v) is 20.3. The predicted molar refractivity (Wildman–Crippen MR) is 131 cm³/mol. The van der Waals surface area contributed by atoms with Gasteiger partial charge in [-0.1, -0.05) is 6.07 Å². The number of primary amides is 1. The van der Waals surface area contributed by atoms with Crippen molar-refractivity contribution in [3.8, 4) is 0 Å².